The molecule has 5 heteroatoms. The maximum absolute atomic E-state index is 12.9. The lowest BCUT2D eigenvalue weighted by Crippen LogP contribution is -2.47. The highest BCUT2D eigenvalue weighted by molar-refractivity contribution is 5.94. The molecule has 1 aliphatic carbocycles. The van der Waals surface area contributed by atoms with Gasteiger partial charge in [-0.1, -0.05) is 6.92 Å². The van der Waals surface area contributed by atoms with Gasteiger partial charge in [-0.15, -0.1) is 0 Å². The predicted octanol–water partition coefficient (Wildman–Crippen LogP) is 2.90. The van der Waals surface area contributed by atoms with Crippen LogP contribution in [0.1, 0.15) is 36.5 Å². The van der Waals surface area contributed by atoms with Gasteiger partial charge in [-0.05, 0) is 69.5 Å². The molecule has 1 aromatic carbocycles. The van der Waals surface area contributed by atoms with Gasteiger partial charge in [0.15, 0.2) is 0 Å². The van der Waals surface area contributed by atoms with E-state index in [0.717, 1.165) is 43.7 Å². The first-order valence-corrected chi connectivity index (χ1v) is 9.74. The molecule has 0 N–H and O–H groups in total. The van der Waals surface area contributed by atoms with Gasteiger partial charge in [-0.2, -0.15) is 0 Å². The summed E-state index contributed by atoms with van der Waals surface area (Å²) < 4.78 is 11.3. The molecule has 1 saturated heterocycles. The SMILES string of the molecule is CCCOc1ccc(C(=O)N2C[C@H]3C[C@@H](N(C)C)[C@H](OC)C[C@H]3C2)cc1. The Labute approximate surface area is 157 Å². The van der Waals surface area contributed by atoms with Gasteiger partial charge in [0.2, 0.25) is 0 Å². The molecule has 0 bridgehead atoms. The zero-order valence-electron chi connectivity index (χ0n) is 16.5. The van der Waals surface area contributed by atoms with Crippen LogP contribution in [0.5, 0.6) is 5.75 Å². The zero-order chi connectivity index (χ0) is 18.7. The van der Waals surface area contributed by atoms with Crippen LogP contribution in [0.25, 0.3) is 0 Å². The van der Waals surface area contributed by atoms with Gasteiger partial charge in [0.1, 0.15) is 5.75 Å². The van der Waals surface area contributed by atoms with Crippen molar-refractivity contribution in [1.82, 2.24) is 9.80 Å². The molecule has 5 nitrogen and oxygen atoms in total. The molecule has 2 aliphatic rings. The van der Waals surface area contributed by atoms with Crippen LogP contribution in [-0.4, -0.2) is 68.8 Å². The van der Waals surface area contributed by atoms with Crippen molar-refractivity contribution in [1.29, 1.82) is 0 Å². The first kappa shape index (κ1) is 19.2. The summed E-state index contributed by atoms with van der Waals surface area (Å²) in [5.41, 5.74) is 0.750. The molecule has 3 rings (SSSR count). The van der Waals surface area contributed by atoms with Crippen molar-refractivity contribution < 1.29 is 14.3 Å². The highest BCUT2D eigenvalue weighted by Gasteiger charge is 2.44. The van der Waals surface area contributed by atoms with Gasteiger partial charge in [-0.25, -0.2) is 0 Å². The molecule has 2 fully saturated rings. The number of likely N-dealkylation sites (tertiary alicyclic amines) is 1. The molecule has 144 valence electrons. The van der Waals surface area contributed by atoms with Crippen LogP contribution < -0.4 is 4.74 Å². The number of benzene rings is 1. The Hall–Kier alpha value is -1.59. The molecule has 1 heterocycles. The van der Waals surface area contributed by atoms with Crippen molar-refractivity contribution in [3.63, 3.8) is 0 Å². The number of fused-ring (bicyclic) bond motifs is 1. The fourth-order valence-corrected chi connectivity index (χ4v) is 4.45. The third-order valence-electron chi connectivity index (χ3n) is 5.91. The Balaban J connectivity index is 1.63. The molecule has 0 unspecified atom stereocenters. The van der Waals surface area contributed by atoms with Crippen molar-refractivity contribution in [2.24, 2.45) is 11.8 Å². The van der Waals surface area contributed by atoms with Gasteiger partial charge >= 0.3 is 0 Å². The third kappa shape index (κ3) is 4.04. The van der Waals surface area contributed by atoms with Crippen molar-refractivity contribution >= 4 is 5.91 Å². The summed E-state index contributed by atoms with van der Waals surface area (Å²) in [6, 6.07) is 8.00. The fraction of sp³-hybridized carbons (Fsp3) is 0.667. The molecule has 1 aliphatic heterocycles. The Morgan fingerprint density at radius 2 is 1.81 bits per heavy atom. The van der Waals surface area contributed by atoms with E-state index in [1.807, 2.05) is 36.3 Å². The topological polar surface area (TPSA) is 42.0 Å². The number of amides is 1. The summed E-state index contributed by atoms with van der Waals surface area (Å²) in [6.45, 7) is 4.49. The number of carbonyl (C=O) groups excluding carboxylic acids is 1. The lowest BCUT2D eigenvalue weighted by Gasteiger charge is -2.40. The number of methoxy groups -OCH3 is 1. The minimum absolute atomic E-state index is 0.136. The number of hydrogen-bond acceptors (Lipinski definition) is 4. The maximum atomic E-state index is 12.9. The van der Waals surface area contributed by atoms with E-state index in [-0.39, 0.29) is 12.0 Å². The number of ether oxygens (including phenoxy) is 2. The molecule has 1 aromatic rings. The van der Waals surface area contributed by atoms with Gasteiger partial charge in [-0.3, -0.25) is 4.79 Å². The van der Waals surface area contributed by atoms with Gasteiger partial charge in [0.25, 0.3) is 5.91 Å². The molecular formula is C21H32N2O3. The van der Waals surface area contributed by atoms with Crippen molar-refractivity contribution in [3.05, 3.63) is 29.8 Å². The van der Waals surface area contributed by atoms with Crippen molar-refractivity contribution in [2.45, 2.75) is 38.3 Å². The number of likely N-dealkylation sites (N-methyl/N-ethyl adjacent to an activating group) is 1. The minimum Gasteiger partial charge on any atom is -0.494 e. The average molecular weight is 360 g/mol. The van der Waals surface area contributed by atoms with Crippen LogP contribution in [0.15, 0.2) is 24.3 Å². The summed E-state index contributed by atoms with van der Waals surface area (Å²) in [7, 11) is 6.05. The van der Waals surface area contributed by atoms with Crippen LogP contribution in [0, 0.1) is 11.8 Å². The molecule has 26 heavy (non-hydrogen) atoms. The van der Waals surface area contributed by atoms with Crippen molar-refractivity contribution in [2.75, 3.05) is 40.9 Å². The fourth-order valence-electron chi connectivity index (χ4n) is 4.45. The van der Waals surface area contributed by atoms with Gasteiger partial charge in [0.05, 0.1) is 12.7 Å². The van der Waals surface area contributed by atoms with Crippen LogP contribution in [0.2, 0.25) is 0 Å². The number of rotatable bonds is 6. The second-order valence-corrected chi connectivity index (χ2v) is 7.88. The average Bonchev–Trinajstić information content (AvgIpc) is 3.08. The highest BCUT2D eigenvalue weighted by atomic mass is 16.5. The Morgan fingerprint density at radius 3 is 2.38 bits per heavy atom. The van der Waals surface area contributed by atoms with Crippen molar-refractivity contribution in [3.8, 4) is 5.75 Å². The maximum Gasteiger partial charge on any atom is 0.253 e. The van der Waals surface area contributed by atoms with E-state index < -0.39 is 0 Å². The highest BCUT2D eigenvalue weighted by Crippen LogP contribution is 2.39. The van der Waals surface area contributed by atoms with Gasteiger partial charge in [0, 0.05) is 31.8 Å². The molecule has 1 saturated carbocycles. The monoisotopic (exact) mass is 360 g/mol. The first-order valence-electron chi connectivity index (χ1n) is 9.74. The number of nitrogens with zero attached hydrogens (tertiary/aromatic N) is 2. The summed E-state index contributed by atoms with van der Waals surface area (Å²) in [5.74, 6) is 2.09. The van der Waals surface area contributed by atoms with Gasteiger partial charge < -0.3 is 19.3 Å². The lowest BCUT2D eigenvalue weighted by molar-refractivity contribution is -0.0209. The smallest absolute Gasteiger partial charge is 0.253 e. The summed E-state index contributed by atoms with van der Waals surface area (Å²) in [4.78, 5) is 17.2. The van der Waals surface area contributed by atoms with E-state index in [1.54, 1.807) is 0 Å². The number of hydrogen-bond donors (Lipinski definition) is 0. The zero-order valence-corrected chi connectivity index (χ0v) is 16.5. The second-order valence-electron chi connectivity index (χ2n) is 7.88. The van der Waals surface area contributed by atoms with Crippen LogP contribution >= 0.6 is 0 Å². The van der Waals surface area contributed by atoms with Crippen LogP contribution in [-0.2, 0) is 4.74 Å². The molecular weight excluding hydrogens is 328 g/mol. The molecule has 0 aromatic heterocycles. The third-order valence-corrected chi connectivity index (χ3v) is 5.91. The Kier molecular flexibility index (Phi) is 6.20. The lowest BCUT2D eigenvalue weighted by atomic mass is 9.77. The van der Waals surface area contributed by atoms with Crippen LogP contribution in [0.3, 0.4) is 0 Å². The molecule has 0 spiro atoms. The normalized spacial score (nSPS) is 28.3. The first-order chi connectivity index (χ1) is 12.5. The standard InChI is InChI=1S/C21H32N2O3/c1-5-10-26-18-8-6-15(7-9-18)21(24)23-13-16-11-19(22(2)3)20(25-4)12-17(16)14-23/h6-9,16-17,19-20H,5,10-14H2,1-4H3/t16-,17+,19-,20-/m1/s1. The summed E-state index contributed by atoms with van der Waals surface area (Å²) in [5, 5.41) is 0. The molecule has 0 radical (unpaired) electrons. The van der Waals surface area contributed by atoms with E-state index in [9.17, 15) is 4.79 Å². The Morgan fingerprint density at radius 1 is 1.15 bits per heavy atom. The second kappa shape index (κ2) is 8.40. The molecule has 4 atom stereocenters. The van der Waals surface area contributed by atoms with E-state index in [2.05, 4.69) is 25.9 Å². The predicted molar refractivity (Wildman–Crippen MR) is 103 cm³/mol. The number of carbonyl (C=O) groups is 1. The van der Waals surface area contributed by atoms with E-state index in [4.69, 9.17) is 9.47 Å². The van der Waals surface area contributed by atoms with E-state index in [1.165, 1.54) is 0 Å². The minimum atomic E-state index is 0.136. The van der Waals surface area contributed by atoms with E-state index >= 15 is 0 Å². The quantitative estimate of drug-likeness (QED) is 0.782. The van der Waals surface area contributed by atoms with Crippen LogP contribution in [0.4, 0.5) is 0 Å². The summed E-state index contributed by atoms with van der Waals surface area (Å²) >= 11 is 0. The molecule has 1 amide bonds. The summed E-state index contributed by atoms with van der Waals surface area (Å²) in [6.07, 6.45) is 3.38. The van der Waals surface area contributed by atoms with E-state index in [0.29, 0.717) is 24.5 Å². The largest absolute Gasteiger partial charge is 0.494 e. The Bertz CT molecular complexity index is 602.